The number of carbonyl (C=O) groups excluding carboxylic acids is 3. The number of aromatic nitrogens is 2. The van der Waals surface area contributed by atoms with Crippen LogP contribution in [0.25, 0.3) is 5.65 Å². The van der Waals surface area contributed by atoms with Crippen molar-refractivity contribution in [1.29, 1.82) is 0 Å². The number of hydrogen-bond acceptors (Lipinski definition) is 10. The lowest BCUT2D eigenvalue weighted by molar-refractivity contribution is -0.121. The van der Waals surface area contributed by atoms with Gasteiger partial charge in [0.05, 0.1) is 31.7 Å². The molecule has 2 amide bonds. The molecular formula is C31H37N5O8. The average molecular weight is 608 g/mol. The lowest BCUT2D eigenvalue weighted by atomic mass is 10.2. The van der Waals surface area contributed by atoms with E-state index in [0.29, 0.717) is 31.1 Å². The predicted octanol–water partition coefficient (Wildman–Crippen LogP) is 2.87. The van der Waals surface area contributed by atoms with Gasteiger partial charge in [-0.1, -0.05) is 30.3 Å². The van der Waals surface area contributed by atoms with Crippen LogP contribution in [0.4, 0.5) is 16.2 Å². The van der Waals surface area contributed by atoms with Gasteiger partial charge in [0.2, 0.25) is 11.7 Å². The Hall–Kier alpha value is -4.65. The van der Waals surface area contributed by atoms with Crippen LogP contribution in [0.5, 0.6) is 5.75 Å². The number of hydrogen-bond donors (Lipinski definition) is 0. The highest BCUT2D eigenvalue weighted by molar-refractivity contribution is 6.01. The first-order valence-corrected chi connectivity index (χ1v) is 14.4. The van der Waals surface area contributed by atoms with E-state index in [0.717, 1.165) is 5.56 Å². The Morgan fingerprint density at radius 1 is 1.09 bits per heavy atom. The van der Waals surface area contributed by atoms with Crippen molar-refractivity contribution in [2.45, 2.75) is 45.9 Å². The molecule has 0 spiro atoms. The van der Waals surface area contributed by atoms with E-state index in [1.807, 2.05) is 37.3 Å². The fourth-order valence-electron chi connectivity index (χ4n) is 5.16. The molecule has 1 aromatic carbocycles. The Balaban J connectivity index is 1.61. The minimum absolute atomic E-state index is 0.0134. The van der Waals surface area contributed by atoms with E-state index in [-0.39, 0.29) is 49.4 Å². The predicted molar refractivity (Wildman–Crippen MR) is 161 cm³/mol. The van der Waals surface area contributed by atoms with Crippen molar-refractivity contribution in [1.82, 2.24) is 14.3 Å². The first kappa shape index (κ1) is 30.8. The van der Waals surface area contributed by atoms with Crippen LogP contribution in [0.3, 0.4) is 0 Å². The summed E-state index contributed by atoms with van der Waals surface area (Å²) in [6.07, 6.45) is 1.04. The molecule has 0 bridgehead atoms. The molecule has 0 N–H and O–H groups in total. The summed E-state index contributed by atoms with van der Waals surface area (Å²) in [5.41, 5.74) is 0.189. The molecule has 2 aromatic heterocycles. The monoisotopic (exact) mass is 607 g/mol. The van der Waals surface area contributed by atoms with Gasteiger partial charge in [0, 0.05) is 31.9 Å². The highest BCUT2D eigenvalue weighted by Crippen LogP contribution is 2.31. The van der Waals surface area contributed by atoms with Gasteiger partial charge in [-0.3, -0.25) is 18.9 Å². The summed E-state index contributed by atoms with van der Waals surface area (Å²) in [6.45, 7) is 8.91. The van der Waals surface area contributed by atoms with E-state index in [1.165, 1.54) is 21.3 Å². The van der Waals surface area contributed by atoms with Crippen molar-refractivity contribution in [3.05, 3.63) is 64.2 Å². The van der Waals surface area contributed by atoms with Crippen molar-refractivity contribution in [3.8, 4) is 5.75 Å². The number of fused-ring (bicyclic) bond motifs is 1. The summed E-state index contributed by atoms with van der Waals surface area (Å²) < 4.78 is 23.2. The normalized spacial score (nSPS) is 17.5. The molecule has 1 atom stereocenters. The molecule has 4 heterocycles. The second-order valence-corrected chi connectivity index (χ2v) is 11.7. The number of pyridine rings is 1. The van der Waals surface area contributed by atoms with Crippen molar-refractivity contribution in [3.63, 3.8) is 0 Å². The maximum absolute atomic E-state index is 14.1. The van der Waals surface area contributed by atoms with E-state index in [1.54, 1.807) is 33.0 Å². The molecule has 0 saturated carbocycles. The van der Waals surface area contributed by atoms with Crippen LogP contribution in [-0.4, -0.2) is 90.4 Å². The van der Waals surface area contributed by atoms with Gasteiger partial charge in [-0.05, 0) is 39.3 Å². The van der Waals surface area contributed by atoms with Crippen LogP contribution in [-0.2, 0) is 25.6 Å². The molecule has 2 saturated heterocycles. The number of methoxy groups -OCH3 is 1. The lowest BCUT2D eigenvalue weighted by Gasteiger charge is -2.37. The smallest absolute Gasteiger partial charge is 0.410 e. The highest BCUT2D eigenvalue weighted by Gasteiger charge is 2.34. The van der Waals surface area contributed by atoms with Gasteiger partial charge in [0.1, 0.15) is 18.8 Å². The molecular weight excluding hydrogens is 570 g/mol. The second-order valence-electron chi connectivity index (χ2n) is 11.7. The zero-order chi connectivity index (χ0) is 31.6. The van der Waals surface area contributed by atoms with Gasteiger partial charge in [0.15, 0.2) is 11.3 Å². The number of piperazine rings is 1. The average Bonchev–Trinajstić information content (AvgIpc) is 2.99. The molecule has 44 heavy (non-hydrogen) atoms. The molecule has 13 heteroatoms. The van der Waals surface area contributed by atoms with Crippen LogP contribution in [0.15, 0.2) is 47.4 Å². The molecule has 3 aromatic rings. The third-order valence-corrected chi connectivity index (χ3v) is 7.32. The zero-order valence-electron chi connectivity index (χ0n) is 25.6. The summed E-state index contributed by atoms with van der Waals surface area (Å²) in [5.74, 6) is -1.52. The summed E-state index contributed by atoms with van der Waals surface area (Å²) in [6, 6.07) is 11.0. The second kappa shape index (κ2) is 12.5. The van der Waals surface area contributed by atoms with Gasteiger partial charge in [-0.2, -0.15) is 0 Å². The van der Waals surface area contributed by atoms with Crippen LogP contribution in [0.2, 0.25) is 0 Å². The van der Waals surface area contributed by atoms with E-state index in [9.17, 15) is 19.2 Å². The SMILES string of the molecule is COC(=O)c1nc2c(N3CCN(C(=O)OC(C)(C)C)CC3=O)cc(N3CCOCC3C)cn2c(=O)c1OCc1ccccc1. The minimum atomic E-state index is -0.856. The Morgan fingerprint density at radius 3 is 2.50 bits per heavy atom. The van der Waals surface area contributed by atoms with Gasteiger partial charge in [-0.25, -0.2) is 14.6 Å². The molecule has 2 aliphatic rings. The molecule has 5 rings (SSSR count). The quantitative estimate of drug-likeness (QED) is 0.386. The number of carbonyl (C=O) groups is 3. The lowest BCUT2D eigenvalue weighted by Crippen LogP contribution is -2.53. The topological polar surface area (TPSA) is 132 Å². The number of esters is 1. The molecule has 13 nitrogen and oxygen atoms in total. The van der Waals surface area contributed by atoms with Crippen molar-refractivity contribution in [2.75, 3.05) is 56.3 Å². The Bertz CT molecular complexity index is 1620. The number of ether oxygens (including phenoxy) is 4. The molecule has 0 radical (unpaired) electrons. The zero-order valence-corrected chi connectivity index (χ0v) is 25.6. The minimum Gasteiger partial charge on any atom is -0.481 e. The number of benzene rings is 1. The first-order valence-electron chi connectivity index (χ1n) is 14.4. The number of rotatable bonds is 6. The van der Waals surface area contributed by atoms with Crippen molar-refractivity contribution < 1.29 is 33.3 Å². The summed E-state index contributed by atoms with van der Waals surface area (Å²) in [7, 11) is 1.19. The first-order chi connectivity index (χ1) is 21.0. The van der Waals surface area contributed by atoms with Crippen molar-refractivity contribution in [2.24, 2.45) is 0 Å². The largest absolute Gasteiger partial charge is 0.481 e. The standard InChI is InChI=1S/C31H37N5O8/c1-20-18-42-14-13-34(20)22-15-23(35-12-11-33(17-24(35)37)30(40)44-31(2,3)4)27-32-25(29(39)41-5)26(28(38)36(27)16-22)43-19-21-9-7-6-8-10-21/h6-10,15-16,20H,11-14,17-19H2,1-5H3. The Morgan fingerprint density at radius 2 is 1.84 bits per heavy atom. The summed E-state index contributed by atoms with van der Waals surface area (Å²) in [4.78, 5) is 62.7. The van der Waals surface area contributed by atoms with Crippen LogP contribution >= 0.6 is 0 Å². The van der Waals surface area contributed by atoms with Gasteiger partial charge >= 0.3 is 17.6 Å². The number of amides is 2. The third-order valence-electron chi connectivity index (χ3n) is 7.32. The fourth-order valence-corrected chi connectivity index (χ4v) is 5.16. The van der Waals surface area contributed by atoms with Crippen LogP contribution in [0.1, 0.15) is 43.7 Å². The van der Waals surface area contributed by atoms with Crippen LogP contribution in [0, 0.1) is 0 Å². The maximum Gasteiger partial charge on any atom is 0.410 e. The molecule has 2 fully saturated rings. The number of nitrogens with zero attached hydrogens (tertiary/aromatic N) is 5. The maximum atomic E-state index is 14.1. The third kappa shape index (κ3) is 6.47. The number of anilines is 2. The molecule has 1 unspecified atom stereocenters. The van der Waals surface area contributed by atoms with E-state index >= 15 is 0 Å². The Labute approximate surface area is 254 Å². The van der Waals surface area contributed by atoms with Gasteiger partial charge < -0.3 is 28.7 Å². The fraction of sp³-hybridized carbons (Fsp3) is 0.452. The molecule has 234 valence electrons. The summed E-state index contributed by atoms with van der Waals surface area (Å²) >= 11 is 0. The Kier molecular flexibility index (Phi) is 8.77. The molecule has 2 aliphatic heterocycles. The van der Waals surface area contributed by atoms with E-state index < -0.39 is 29.1 Å². The molecule has 0 aliphatic carbocycles. The van der Waals surface area contributed by atoms with Gasteiger partial charge in [0.25, 0.3) is 0 Å². The number of morpholine rings is 1. The van der Waals surface area contributed by atoms with Gasteiger partial charge in [-0.15, -0.1) is 0 Å². The highest BCUT2D eigenvalue weighted by atomic mass is 16.6. The van der Waals surface area contributed by atoms with E-state index in [2.05, 4.69) is 9.88 Å². The van der Waals surface area contributed by atoms with Crippen LogP contribution < -0.4 is 20.1 Å². The van der Waals surface area contributed by atoms with Crippen molar-refractivity contribution >= 4 is 35.0 Å². The van der Waals surface area contributed by atoms with E-state index in [4.69, 9.17) is 18.9 Å². The summed E-state index contributed by atoms with van der Waals surface area (Å²) in [5, 5.41) is 0.